The summed E-state index contributed by atoms with van der Waals surface area (Å²) in [5, 5.41) is 20.0. The highest BCUT2D eigenvalue weighted by Crippen LogP contribution is 2.25. The van der Waals surface area contributed by atoms with Crippen molar-refractivity contribution in [3.8, 4) is 5.69 Å². The number of nitro benzene ring substituents is 1. The maximum atomic E-state index is 13.4. The Morgan fingerprint density at radius 1 is 1.17 bits per heavy atom. The number of nitrogens with zero attached hydrogens (tertiary/aromatic N) is 5. The summed E-state index contributed by atoms with van der Waals surface area (Å²) in [7, 11) is 0. The number of fused-ring (bicyclic) bond motifs is 1. The van der Waals surface area contributed by atoms with Crippen LogP contribution in [0.2, 0.25) is 0 Å². The lowest BCUT2D eigenvalue weighted by atomic mass is 10.1. The van der Waals surface area contributed by atoms with Crippen LogP contribution in [0, 0.1) is 22.9 Å². The molecule has 0 radical (unpaired) electrons. The number of ketones is 1. The molecule has 29 heavy (non-hydrogen) atoms. The molecule has 0 aliphatic heterocycles. The molecule has 2 aromatic carbocycles. The number of Topliss-reactive ketones (excluding diaryl/α,β-unsaturated/α-hetero) is 1. The minimum absolute atomic E-state index is 0.00980. The number of nitro groups is 1. The van der Waals surface area contributed by atoms with E-state index in [1.54, 1.807) is 13.0 Å². The SMILES string of the molecule is Cc1c(C(=O)Cc2ccc3ccccc3n2)nnn1-c1ccc(F)cc1[N+](=O)[O-]. The van der Waals surface area contributed by atoms with Crippen molar-refractivity contribution < 1.29 is 14.1 Å². The summed E-state index contributed by atoms with van der Waals surface area (Å²) in [4.78, 5) is 27.8. The van der Waals surface area contributed by atoms with Crippen LogP contribution in [0.1, 0.15) is 21.9 Å². The number of halogens is 1. The van der Waals surface area contributed by atoms with Crippen LogP contribution in [0.5, 0.6) is 0 Å². The van der Waals surface area contributed by atoms with Crippen molar-refractivity contribution in [2.24, 2.45) is 0 Å². The topological polar surface area (TPSA) is 104 Å². The van der Waals surface area contributed by atoms with Gasteiger partial charge in [-0.15, -0.1) is 5.10 Å². The van der Waals surface area contributed by atoms with Gasteiger partial charge in [0.15, 0.2) is 11.5 Å². The molecule has 9 heteroatoms. The van der Waals surface area contributed by atoms with Gasteiger partial charge in [0.2, 0.25) is 0 Å². The van der Waals surface area contributed by atoms with Gasteiger partial charge in [-0.1, -0.05) is 29.5 Å². The lowest BCUT2D eigenvalue weighted by Gasteiger charge is -2.05. The minimum Gasteiger partial charge on any atom is -0.292 e. The van der Waals surface area contributed by atoms with E-state index in [2.05, 4.69) is 15.3 Å². The number of para-hydroxylation sites is 1. The van der Waals surface area contributed by atoms with Gasteiger partial charge in [-0.2, -0.15) is 0 Å². The zero-order valence-electron chi connectivity index (χ0n) is 15.2. The van der Waals surface area contributed by atoms with Crippen molar-refractivity contribution in [1.29, 1.82) is 0 Å². The van der Waals surface area contributed by atoms with Gasteiger partial charge in [-0.3, -0.25) is 19.9 Å². The molecule has 2 aromatic heterocycles. The standard InChI is InChI=1S/C20H14FN5O3/c1-12-20(19(27)11-15-8-6-13-4-2-3-5-16(13)22-15)23-24-25(12)17-9-7-14(21)10-18(17)26(28)29/h2-10H,11H2,1H3. The van der Waals surface area contributed by atoms with Gasteiger partial charge in [0, 0.05) is 11.1 Å². The summed E-state index contributed by atoms with van der Waals surface area (Å²) in [6.45, 7) is 1.58. The largest absolute Gasteiger partial charge is 0.297 e. The van der Waals surface area contributed by atoms with Gasteiger partial charge in [0.25, 0.3) is 5.69 Å². The Kier molecular flexibility index (Phi) is 4.55. The number of pyridine rings is 1. The molecule has 0 aliphatic rings. The van der Waals surface area contributed by atoms with Gasteiger partial charge in [0.1, 0.15) is 11.5 Å². The van der Waals surface area contributed by atoms with Gasteiger partial charge < -0.3 is 0 Å². The van der Waals surface area contributed by atoms with Crippen molar-refractivity contribution >= 4 is 22.4 Å². The molecule has 0 aliphatic carbocycles. The Bertz CT molecular complexity index is 1270. The molecule has 0 bridgehead atoms. The van der Waals surface area contributed by atoms with Crippen molar-refractivity contribution in [2.75, 3.05) is 0 Å². The Hall–Kier alpha value is -4.01. The number of rotatable bonds is 5. The van der Waals surface area contributed by atoms with E-state index in [0.29, 0.717) is 11.4 Å². The number of aromatic nitrogens is 4. The van der Waals surface area contributed by atoms with Crippen LogP contribution < -0.4 is 0 Å². The lowest BCUT2D eigenvalue weighted by Crippen LogP contribution is -2.09. The van der Waals surface area contributed by atoms with E-state index in [4.69, 9.17) is 0 Å². The molecule has 0 saturated heterocycles. The van der Waals surface area contributed by atoms with Crippen LogP contribution in [0.15, 0.2) is 54.6 Å². The first-order valence-corrected chi connectivity index (χ1v) is 8.68. The number of benzene rings is 2. The molecule has 0 spiro atoms. The van der Waals surface area contributed by atoms with Gasteiger partial charge in [-0.05, 0) is 31.2 Å². The number of hydrogen-bond donors (Lipinski definition) is 0. The molecule has 0 amide bonds. The highest BCUT2D eigenvalue weighted by atomic mass is 19.1. The number of hydrogen-bond acceptors (Lipinski definition) is 6. The second kappa shape index (κ2) is 7.19. The molecule has 0 unspecified atom stereocenters. The molecule has 0 fully saturated rings. The zero-order valence-corrected chi connectivity index (χ0v) is 15.2. The zero-order chi connectivity index (χ0) is 20.5. The second-order valence-electron chi connectivity index (χ2n) is 6.42. The summed E-state index contributed by atoms with van der Waals surface area (Å²) in [5.41, 5.74) is 1.33. The number of carbonyl (C=O) groups is 1. The van der Waals surface area contributed by atoms with Crippen LogP contribution in [-0.4, -0.2) is 30.7 Å². The van der Waals surface area contributed by atoms with Gasteiger partial charge in [-0.25, -0.2) is 9.07 Å². The van der Waals surface area contributed by atoms with Crippen LogP contribution in [-0.2, 0) is 6.42 Å². The monoisotopic (exact) mass is 391 g/mol. The van der Waals surface area contributed by atoms with E-state index in [0.717, 1.165) is 23.0 Å². The smallest absolute Gasteiger partial charge is 0.292 e. The Morgan fingerprint density at radius 3 is 2.76 bits per heavy atom. The molecule has 144 valence electrons. The third kappa shape index (κ3) is 3.45. The van der Waals surface area contributed by atoms with Gasteiger partial charge in [0.05, 0.1) is 28.6 Å². The molecule has 2 heterocycles. The Labute approximate surface area is 163 Å². The number of carbonyl (C=O) groups excluding carboxylic acids is 1. The van der Waals surface area contributed by atoms with Crippen molar-refractivity contribution in [1.82, 2.24) is 20.0 Å². The summed E-state index contributed by atoms with van der Waals surface area (Å²) in [5.74, 6) is -1.06. The fourth-order valence-corrected chi connectivity index (χ4v) is 3.09. The van der Waals surface area contributed by atoms with Crippen molar-refractivity contribution in [3.63, 3.8) is 0 Å². The van der Waals surface area contributed by atoms with Crippen molar-refractivity contribution in [2.45, 2.75) is 13.3 Å². The average Bonchev–Trinajstić information content (AvgIpc) is 3.09. The van der Waals surface area contributed by atoms with E-state index >= 15 is 0 Å². The van der Waals surface area contributed by atoms with E-state index < -0.39 is 16.4 Å². The van der Waals surface area contributed by atoms with E-state index in [1.807, 2.05) is 30.3 Å². The third-order valence-electron chi connectivity index (χ3n) is 4.52. The predicted octanol–water partition coefficient (Wildman–Crippen LogP) is 3.60. The minimum atomic E-state index is -0.739. The Balaban J connectivity index is 1.66. The van der Waals surface area contributed by atoms with E-state index in [1.165, 1.54) is 10.7 Å². The summed E-state index contributed by atoms with van der Waals surface area (Å²) in [6.07, 6.45) is 0.00980. The maximum Gasteiger partial charge on any atom is 0.297 e. The highest BCUT2D eigenvalue weighted by molar-refractivity contribution is 5.96. The molecule has 4 aromatic rings. The first kappa shape index (κ1) is 18.4. The molecule has 0 N–H and O–H groups in total. The normalized spacial score (nSPS) is 11.0. The average molecular weight is 391 g/mol. The fraction of sp³-hybridized carbons (Fsp3) is 0.100. The van der Waals surface area contributed by atoms with Crippen LogP contribution in [0.4, 0.5) is 10.1 Å². The summed E-state index contributed by atoms with van der Waals surface area (Å²) < 4.78 is 14.6. The van der Waals surface area contributed by atoms with Crippen molar-refractivity contribution in [3.05, 3.63) is 87.6 Å². The van der Waals surface area contributed by atoms with Crippen LogP contribution in [0.25, 0.3) is 16.6 Å². The molecule has 4 rings (SSSR count). The third-order valence-corrected chi connectivity index (χ3v) is 4.52. The maximum absolute atomic E-state index is 13.4. The molecular formula is C20H14FN5O3. The summed E-state index contributed by atoms with van der Waals surface area (Å²) >= 11 is 0. The summed E-state index contributed by atoms with van der Waals surface area (Å²) in [6, 6.07) is 14.3. The quantitative estimate of drug-likeness (QED) is 0.292. The second-order valence-corrected chi connectivity index (χ2v) is 6.42. The predicted molar refractivity (Wildman–Crippen MR) is 102 cm³/mol. The van der Waals surface area contributed by atoms with Crippen LogP contribution in [0.3, 0.4) is 0 Å². The van der Waals surface area contributed by atoms with E-state index in [9.17, 15) is 19.3 Å². The fourth-order valence-electron chi connectivity index (χ4n) is 3.09. The molecule has 0 atom stereocenters. The Morgan fingerprint density at radius 2 is 1.97 bits per heavy atom. The van der Waals surface area contributed by atoms with Gasteiger partial charge >= 0.3 is 0 Å². The molecular weight excluding hydrogens is 377 g/mol. The molecule has 8 nitrogen and oxygen atoms in total. The highest BCUT2D eigenvalue weighted by Gasteiger charge is 2.23. The first-order valence-electron chi connectivity index (χ1n) is 8.68. The molecule has 0 saturated carbocycles. The lowest BCUT2D eigenvalue weighted by molar-refractivity contribution is -0.384. The van der Waals surface area contributed by atoms with E-state index in [-0.39, 0.29) is 23.6 Å². The first-order chi connectivity index (χ1) is 13.9. The van der Waals surface area contributed by atoms with Crippen LogP contribution >= 0.6 is 0 Å².